The van der Waals surface area contributed by atoms with E-state index >= 15 is 0 Å². The van der Waals surface area contributed by atoms with Gasteiger partial charge in [-0.2, -0.15) is 0 Å². The number of fused-ring (bicyclic) bond motifs is 2. The Balaban J connectivity index is 1.07. The summed E-state index contributed by atoms with van der Waals surface area (Å²) in [6, 6.07) is 47.5. The molecule has 0 amide bonds. The highest BCUT2D eigenvalue weighted by molar-refractivity contribution is 9.10. The standard InChI is InChI=1S/C43H38BrN3/c1-42(27-30-9-8-26-43(28-30,29-42)37-22-24-38(44)25-23-37)36-20-18-32(19-21-36)31-14-16-35(17-15-31)41-46-39(33-10-4-2-5-11-33)45-40(47-41)34-12-6-3-7-13-34/h2-7,10-25,30H,8-9,26-29H2,1H3. The zero-order valence-electron chi connectivity index (χ0n) is 26.7. The molecule has 2 bridgehead atoms. The maximum Gasteiger partial charge on any atom is 0.164 e. The lowest BCUT2D eigenvalue weighted by atomic mass is 9.51. The van der Waals surface area contributed by atoms with E-state index in [0.29, 0.717) is 17.5 Å². The van der Waals surface area contributed by atoms with Crippen LogP contribution in [0.4, 0.5) is 0 Å². The second-order valence-electron chi connectivity index (χ2n) is 13.9. The highest BCUT2D eigenvalue weighted by atomic mass is 79.9. The van der Waals surface area contributed by atoms with Gasteiger partial charge < -0.3 is 0 Å². The van der Waals surface area contributed by atoms with E-state index in [9.17, 15) is 0 Å². The smallest absolute Gasteiger partial charge is 0.164 e. The van der Waals surface area contributed by atoms with Crippen molar-refractivity contribution < 1.29 is 0 Å². The SMILES string of the molecule is CC1(c2ccc(-c3ccc(-c4nc(-c5ccccc5)nc(-c5ccccc5)n4)cc3)cc2)CC2CCCC(c3ccc(Br)cc3)(C2)C1. The van der Waals surface area contributed by atoms with Crippen LogP contribution < -0.4 is 0 Å². The second kappa shape index (κ2) is 12.3. The number of aromatic nitrogens is 3. The minimum absolute atomic E-state index is 0.171. The van der Waals surface area contributed by atoms with Gasteiger partial charge in [0.15, 0.2) is 17.5 Å². The number of nitrogens with zero attached hydrogens (tertiary/aromatic N) is 3. The number of rotatable bonds is 6. The highest BCUT2D eigenvalue weighted by Crippen LogP contribution is 2.57. The third kappa shape index (κ3) is 5.96. The summed E-state index contributed by atoms with van der Waals surface area (Å²) in [4.78, 5) is 14.6. The third-order valence-corrected chi connectivity index (χ3v) is 11.2. The molecular formula is C43H38BrN3. The fraction of sp³-hybridized carbons (Fsp3) is 0.233. The van der Waals surface area contributed by atoms with Gasteiger partial charge in [-0.15, -0.1) is 0 Å². The lowest BCUT2D eigenvalue weighted by molar-refractivity contribution is 0.0874. The van der Waals surface area contributed by atoms with E-state index in [0.717, 1.165) is 27.1 Å². The lowest BCUT2D eigenvalue weighted by Gasteiger charge is -2.53. The largest absolute Gasteiger partial charge is 0.208 e. The quantitative estimate of drug-likeness (QED) is 0.176. The number of hydrogen-bond acceptors (Lipinski definition) is 3. The molecule has 4 heteroatoms. The number of benzene rings is 5. The van der Waals surface area contributed by atoms with Crippen molar-refractivity contribution in [2.45, 2.75) is 56.3 Å². The molecule has 3 nitrogen and oxygen atoms in total. The molecule has 0 radical (unpaired) electrons. The fourth-order valence-corrected chi connectivity index (χ4v) is 8.74. The molecule has 6 aromatic rings. The van der Waals surface area contributed by atoms with Crippen molar-refractivity contribution in [3.8, 4) is 45.3 Å². The average molecular weight is 677 g/mol. The monoisotopic (exact) mass is 675 g/mol. The molecule has 2 fully saturated rings. The summed E-state index contributed by atoms with van der Waals surface area (Å²) in [5, 5.41) is 0. The van der Waals surface area contributed by atoms with Crippen LogP contribution in [0.15, 0.2) is 138 Å². The molecular weight excluding hydrogens is 638 g/mol. The van der Waals surface area contributed by atoms with Crippen molar-refractivity contribution in [3.63, 3.8) is 0 Å². The van der Waals surface area contributed by atoms with Crippen molar-refractivity contribution in [3.05, 3.63) is 149 Å². The number of hydrogen-bond donors (Lipinski definition) is 0. The minimum Gasteiger partial charge on any atom is -0.208 e. The molecule has 2 aliphatic carbocycles. The van der Waals surface area contributed by atoms with Crippen molar-refractivity contribution in [1.82, 2.24) is 15.0 Å². The molecule has 2 aliphatic rings. The Hall–Kier alpha value is -4.41. The van der Waals surface area contributed by atoms with E-state index in [1.807, 2.05) is 60.7 Å². The molecule has 0 spiro atoms. The van der Waals surface area contributed by atoms with E-state index in [-0.39, 0.29) is 10.8 Å². The highest BCUT2D eigenvalue weighted by Gasteiger charge is 2.49. The summed E-state index contributed by atoms with van der Waals surface area (Å²) in [5.74, 6) is 2.82. The summed E-state index contributed by atoms with van der Waals surface area (Å²) >= 11 is 3.65. The van der Waals surface area contributed by atoms with Gasteiger partial charge in [0.2, 0.25) is 0 Å². The van der Waals surface area contributed by atoms with Crippen molar-refractivity contribution in [2.75, 3.05) is 0 Å². The van der Waals surface area contributed by atoms with Crippen LogP contribution in [0.3, 0.4) is 0 Å². The van der Waals surface area contributed by atoms with Crippen LogP contribution in [0.5, 0.6) is 0 Å². The first-order valence-corrected chi connectivity index (χ1v) is 17.6. The van der Waals surface area contributed by atoms with E-state index < -0.39 is 0 Å². The van der Waals surface area contributed by atoms with Gasteiger partial charge in [0.1, 0.15) is 0 Å². The van der Waals surface area contributed by atoms with Crippen LogP contribution in [0.1, 0.15) is 56.6 Å². The zero-order chi connectivity index (χ0) is 31.8. The van der Waals surface area contributed by atoms with Gasteiger partial charge in [-0.05, 0) is 76.8 Å². The van der Waals surface area contributed by atoms with E-state index in [4.69, 9.17) is 15.0 Å². The Morgan fingerprint density at radius 3 is 1.55 bits per heavy atom. The molecule has 0 saturated heterocycles. The minimum atomic E-state index is 0.171. The van der Waals surface area contributed by atoms with Crippen LogP contribution in [0.2, 0.25) is 0 Å². The van der Waals surface area contributed by atoms with Crippen LogP contribution in [-0.2, 0) is 10.8 Å². The van der Waals surface area contributed by atoms with Crippen LogP contribution >= 0.6 is 15.9 Å². The Morgan fingerprint density at radius 2 is 1.00 bits per heavy atom. The molecule has 5 aromatic carbocycles. The van der Waals surface area contributed by atoms with Crippen molar-refractivity contribution in [2.24, 2.45) is 5.92 Å². The summed E-state index contributed by atoms with van der Waals surface area (Å²) in [6.07, 6.45) is 7.83. The van der Waals surface area contributed by atoms with Crippen LogP contribution in [0, 0.1) is 5.92 Å². The molecule has 47 heavy (non-hydrogen) atoms. The number of halogens is 1. The summed E-state index contributed by atoms with van der Waals surface area (Å²) < 4.78 is 1.16. The Bertz CT molecular complexity index is 1930. The van der Waals surface area contributed by atoms with Crippen LogP contribution in [0.25, 0.3) is 45.3 Å². The predicted octanol–water partition coefficient (Wildman–Crippen LogP) is 11.5. The van der Waals surface area contributed by atoms with Gasteiger partial charge in [0.25, 0.3) is 0 Å². The zero-order valence-corrected chi connectivity index (χ0v) is 28.3. The average Bonchev–Trinajstić information content (AvgIpc) is 3.12. The second-order valence-corrected chi connectivity index (χ2v) is 14.8. The van der Waals surface area contributed by atoms with Gasteiger partial charge in [-0.25, -0.2) is 15.0 Å². The molecule has 2 saturated carbocycles. The molecule has 3 atom stereocenters. The van der Waals surface area contributed by atoms with Gasteiger partial charge in [-0.3, -0.25) is 0 Å². The lowest BCUT2D eigenvalue weighted by Crippen LogP contribution is -2.46. The fourth-order valence-electron chi connectivity index (χ4n) is 8.48. The van der Waals surface area contributed by atoms with E-state index in [1.54, 1.807) is 0 Å². The Labute approximate surface area is 286 Å². The van der Waals surface area contributed by atoms with E-state index in [2.05, 4.69) is 95.7 Å². The third-order valence-electron chi connectivity index (χ3n) is 10.6. The summed E-state index contributed by atoms with van der Waals surface area (Å²) in [5.41, 5.74) is 8.79. The maximum atomic E-state index is 4.90. The van der Waals surface area contributed by atoms with E-state index in [1.165, 1.54) is 60.8 Å². The molecule has 8 rings (SSSR count). The van der Waals surface area contributed by atoms with Crippen molar-refractivity contribution >= 4 is 15.9 Å². The molecule has 1 heterocycles. The van der Waals surface area contributed by atoms with Gasteiger partial charge in [0, 0.05) is 21.2 Å². The molecule has 1 aromatic heterocycles. The normalized spacial score (nSPS) is 22.1. The topological polar surface area (TPSA) is 38.7 Å². The first-order valence-electron chi connectivity index (χ1n) is 16.8. The summed E-state index contributed by atoms with van der Waals surface area (Å²) in [6.45, 7) is 2.52. The van der Waals surface area contributed by atoms with Crippen molar-refractivity contribution in [1.29, 1.82) is 0 Å². The van der Waals surface area contributed by atoms with Gasteiger partial charge in [0.05, 0.1) is 0 Å². The first-order chi connectivity index (χ1) is 23.0. The van der Waals surface area contributed by atoms with Gasteiger partial charge >= 0.3 is 0 Å². The Morgan fingerprint density at radius 1 is 0.532 bits per heavy atom. The van der Waals surface area contributed by atoms with Crippen LogP contribution in [-0.4, -0.2) is 15.0 Å². The molecule has 3 unspecified atom stereocenters. The Kier molecular flexibility index (Phi) is 7.85. The molecule has 232 valence electrons. The van der Waals surface area contributed by atoms with Gasteiger partial charge in [-0.1, -0.05) is 157 Å². The summed E-state index contributed by atoms with van der Waals surface area (Å²) in [7, 11) is 0. The maximum absolute atomic E-state index is 4.90. The first kappa shape index (κ1) is 30.0. The predicted molar refractivity (Wildman–Crippen MR) is 196 cm³/mol. The molecule has 0 N–H and O–H groups in total. The molecule has 0 aliphatic heterocycles.